The summed E-state index contributed by atoms with van der Waals surface area (Å²) in [4.78, 5) is 0. The molecule has 0 saturated heterocycles. The molecule has 0 aromatic carbocycles. The van der Waals surface area contributed by atoms with Crippen molar-refractivity contribution in [1.82, 2.24) is 0 Å². The molecule has 0 aliphatic rings. The van der Waals surface area contributed by atoms with E-state index in [1.165, 1.54) is 148 Å². The smallest absolute Gasteiger partial charge is 0.0414 e. The summed E-state index contributed by atoms with van der Waals surface area (Å²) < 4.78 is 0. The quantitative estimate of drug-likeness (QED) is 0.155. The first kappa shape index (κ1) is 27.0. The number of rotatable bonds is 23. The predicted octanol–water partition coefficient (Wildman–Crippen LogP) is 10.6. The van der Waals surface area contributed by atoms with Gasteiger partial charge in [0.2, 0.25) is 0 Å². The summed E-state index contributed by atoms with van der Waals surface area (Å²) in [6, 6.07) is 0. The Bertz CT molecular complexity index is 244. The fourth-order valence-electron chi connectivity index (χ4n) is 4.41. The van der Waals surface area contributed by atoms with Crippen LogP contribution in [0.1, 0.15) is 168 Å². The van der Waals surface area contributed by atoms with Crippen LogP contribution < -0.4 is 0 Å². The Morgan fingerprint density at radius 2 is 0.556 bits per heavy atom. The number of hydrogen-bond donors (Lipinski definition) is 0. The third kappa shape index (κ3) is 22.2. The van der Waals surface area contributed by atoms with E-state index in [2.05, 4.69) is 20.8 Å². The van der Waals surface area contributed by atoms with Crippen molar-refractivity contribution in [3.8, 4) is 0 Å². The number of hydrogen-bond acceptors (Lipinski definition) is 0. The normalized spacial score (nSPS) is 12.6. The minimum absolute atomic E-state index is 1.04. The third-order valence-corrected chi connectivity index (χ3v) is 6.40. The van der Waals surface area contributed by atoms with Crippen LogP contribution in [0.5, 0.6) is 0 Å². The van der Waals surface area contributed by atoms with Gasteiger partial charge in [-0.15, -0.1) is 0 Å². The molecule has 0 fully saturated rings. The molecule has 0 heteroatoms. The predicted molar refractivity (Wildman–Crippen MR) is 127 cm³/mol. The van der Waals surface area contributed by atoms with E-state index in [9.17, 15) is 0 Å². The number of unbranched alkanes of at least 4 members (excludes halogenated alkanes) is 17. The minimum atomic E-state index is 1.04. The first-order valence-corrected chi connectivity index (χ1v) is 13.3. The van der Waals surface area contributed by atoms with Crippen molar-refractivity contribution >= 4 is 0 Å². The Kier molecular flexibility index (Phi) is 24.0. The summed E-state index contributed by atoms with van der Waals surface area (Å²) in [6.07, 6.45) is 33.8. The van der Waals surface area contributed by atoms with E-state index in [1.807, 2.05) is 0 Å². The standard InChI is InChI=1S/C27H56/c1-4-7-10-12-14-15-16-17-19-21-23-26-27(24-9-6-3)25-22-20-18-13-11-8-5-2/h27H,4-26H2,1-3H3. The lowest BCUT2D eigenvalue weighted by atomic mass is 9.90. The van der Waals surface area contributed by atoms with Crippen LogP contribution in [0, 0.1) is 5.92 Å². The molecule has 0 aromatic rings. The van der Waals surface area contributed by atoms with Gasteiger partial charge in [0.05, 0.1) is 0 Å². The van der Waals surface area contributed by atoms with Crippen LogP contribution in [-0.4, -0.2) is 0 Å². The van der Waals surface area contributed by atoms with Crippen LogP contribution in [0.25, 0.3) is 0 Å². The van der Waals surface area contributed by atoms with Gasteiger partial charge in [0.25, 0.3) is 0 Å². The summed E-state index contributed by atoms with van der Waals surface area (Å²) in [6.45, 7) is 6.97. The molecule has 0 saturated carbocycles. The molecule has 0 nitrogen and oxygen atoms in total. The Labute approximate surface area is 174 Å². The van der Waals surface area contributed by atoms with Gasteiger partial charge < -0.3 is 0 Å². The lowest BCUT2D eigenvalue weighted by Gasteiger charge is -2.16. The van der Waals surface area contributed by atoms with Gasteiger partial charge in [0.1, 0.15) is 0 Å². The molecule has 1 unspecified atom stereocenters. The first-order chi connectivity index (χ1) is 13.3. The molecule has 0 bridgehead atoms. The van der Waals surface area contributed by atoms with E-state index in [0.29, 0.717) is 0 Å². The van der Waals surface area contributed by atoms with Gasteiger partial charge in [-0.2, -0.15) is 0 Å². The van der Waals surface area contributed by atoms with Crippen molar-refractivity contribution in [1.29, 1.82) is 0 Å². The largest absolute Gasteiger partial charge is 0.0654 e. The van der Waals surface area contributed by atoms with Crippen LogP contribution in [0.15, 0.2) is 0 Å². The summed E-state index contributed by atoms with van der Waals surface area (Å²) in [5, 5.41) is 0. The second-order valence-electron chi connectivity index (χ2n) is 9.24. The van der Waals surface area contributed by atoms with Crippen molar-refractivity contribution in [3.63, 3.8) is 0 Å². The van der Waals surface area contributed by atoms with Crippen LogP contribution in [0.4, 0.5) is 0 Å². The van der Waals surface area contributed by atoms with E-state index < -0.39 is 0 Å². The van der Waals surface area contributed by atoms with Crippen LogP contribution in [-0.2, 0) is 0 Å². The monoisotopic (exact) mass is 380 g/mol. The van der Waals surface area contributed by atoms with Gasteiger partial charge >= 0.3 is 0 Å². The second kappa shape index (κ2) is 24.0. The molecule has 0 spiro atoms. The molecule has 164 valence electrons. The zero-order chi connectivity index (χ0) is 19.8. The van der Waals surface area contributed by atoms with Crippen molar-refractivity contribution in [2.45, 2.75) is 168 Å². The van der Waals surface area contributed by atoms with Crippen molar-refractivity contribution in [3.05, 3.63) is 0 Å². The Morgan fingerprint density at radius 1 is 0.296 bits per heavy atom. The highest BCUT2D eigenvalue weighted by Crippen LogP contribution is 2.24. The Hall–Kier alpha value is 0. The van der Waals surface area contributed by atoms with Gasteiger partial charge in [-0.3, -0.25) is 0 Å². The molecule has 0 rings (SSSR count). The summed E-state index contributed by atoms with van der Waals surface area (Å²) in [5.41, 5.74) is 0. The molecular weight excluding hydrogens is 324 g/mol. The fourth-order valence-corrected chi connectivity index (χ4v) is 4.41. The van der Waals surface area contributed by atoms with E-state index in [-0.39, 0.29) is 0 Å². The zero-order valence-corrected chi connectivity index (χ0v) is 19.8. The minimum Gasteiger partial charge on any atom is -0.0654 e. The van der Waals surface area contributed by atoms with Gasteiger partial charge in [0, 0.05) is 0 Å². The van der Waals surface area contributed by atoms with Gasteiger partial charge in [0.15, 0.2) is 0 Å². The maximum Gasteiger partial charge on any atom is -0.0414 e. The van der Waals surface area contributed by atoms with Crippen molar-refractivity contribution in [2.75, 3.05) is 0 Å². The van der Waals surface area contributed by atoms with Crippen molar-refractivity contribution in [2.24, 2.45) is 5.92 Å². The highest BCUT2D eigenvalue weighted by atomic mass is 14.1. The average Bonchev–Trinajstić information content (AvgIpc) is 2.68. The molecule has 0 aliphatic heterocycles. The highest BCUT2D eigenvalue weighted by molar-refractivity contribution is 4.61. The summed E-state index contributed by atoms with van der Waals surface area (Å²) >= 11 is 0. The SMILES string of the molecule is CCCCCCCCCCCCCC(CCCC)CCCCCCCCC. The summed E-state index contributed by atoms with van der Waals surface area (Å²) in [7, 11) is 0. The maximum atomic E-state index is 2.35. The molecule has 0 heterocycles. The molecule has 0 aliphatic carbocycles. The van der Waals surface area contributed by atoms with Crippen LogP contribution in [0.2, 0.25) is 0 Å². The lowest BCUT2D eigenvalue weighted by Crippen LogP contribution is -2.01. The topological polar surface area (TPSA) is 0 Å². The zero-order valence-electron chi connectivity index (χ0n) is 19.8. The molecule has 1 atom stereocenters. The maximum absolute atomic E-state index is 2.35. The average molecular weight is 381 g/mol. The van der Waals surface area contributed by atoms with E-state index in [1.54, 1.807) is 0 Å². The second-order valence-corrected chi connectivity index (χ2v) is 9.24. The lowest BCUT2D eigenvalue weighted by molar-refractivity contribution is 0.370. The van der Waals surface area contributed by atoms with Crippen LogP contribution >= 0.6 is 0 Å². The molecule has 0 aromatic heterocycles. The molecule has 0 amide bonds. The van der Waals surface area contributed by atoms with E-state index in [0.717, 1.165) is 5.92 Å². The molecular formula is C27H56. The molecule has 27 heavy (non-hydrogen) atoms. The van der Waals surface area contributed by atoms with Gasteiger partial charge in [-0.25, -0.2) is 0 Å². The molecule has 0 N–H and O–H groups in total. The highest BCUT2D eigenvalue weighted by Gasteiger charge is 2.08. The van der Waals surface area contributed by atoms with Gasteiger partial charge in [-0.05, 0) is 5.92 Å². The third-order valence-electron chi connectivity index (χ3n) is 6.40. The first-order valence-electron chi connectivity index (χ1n) is 13.3. The van der Waals surface area contributed by atoms with E-state index in [4.69, 9.17) is 0 Å². The summed E-state index contributed by atoms with van der Waals surface area (Å²) in [5.74, 6) is 1.04. The van der Waals surface area contributed by atoms with Crippen molar-refractivity contribution < 1.29 is 0 Å². The Morgan fingerprint density at radius 3 is 0.889 bits per heavy atom. The Balaban J connectivity index is 3.50. The van der Waals surface area contributed by atoms with Gasteiger partial charge in [-0.1, -0.05) is 168 Å². The van der Waals surface area contributed by atoms with Crippen LogP contribution in [0.3, 0.4) is 0 Å². The fraction of sp³-hybridized carbons (Fsp3) is 1.00. The van der Waals surface area contributed by atoms with E-state index >= 15 is 0 Å². The molecule has 0 radical (unpaired) electrons.